The third-order valence-electron chi connectivity index (χ3n) is 4.65. The van der Waals surface area contributed by atoms with Crippen molar-refractivity contribution in [2.45, 2.75) is 9.79 Å². The molecule has 4 rings (SSSR count). The summed E-state index contributed by atoms with van der Waals surface area (Å²) in [6, 6.07) is 12.9. The number of carbonyl (C=O) groups excluding carboxylic acids is 1. The van der Waals surface area contributed by atoms with E-state index in [1.165, 1.54) is 30.5 Å². The van der Waals surface area contributed by atoms with Crippen molar-refractivity contribution in [1.29, 1.82) is 0 Å². The molecule has 2 heterocycles. The molecule has 0 unspecified atom stereocenters. The Morgan fingerprint density at radius 3 is 2.43 bits per heavy atom. The van der Waals surface area contributed by atoms with Gasteiger partial charge in [0.1, 0.15) is 0 Å². The van der Waals surface area contributed by atoms with Crippen LogP contribution in [0, 0.1) is 0 Å². The molecule has 0 radical (unpaired) electrons. The normalized spacial score (nSPS) is 15.0. The van der Waals surface area contributed by atoms with Gasteiger partial charge in [0, 0.05) is 41.2 Å². The van der Waals surface area contributed by atoms with Gasteiger partial charge in [0.15, 0.2) is 0 Å². The second kappa shape index (κ2) is 7.73. The fourth-order valence-corrected chi connectivity index (χ4v) is 5.88. The number of hydrogen-bond donors (Lipinski definition) is 0. The monoisotopic (exact) mass is 432 g/mol. The molecule has 5 nitrogen and oxygen atoms in total. The van der Waals surface area contributed by atoms with Gasteiger partial charge >= 0.3 is 0 Å². The first kappa shape index (κ1) is 19.2. The molecule has 2 aromatic carbocycles. The molecule has 1 amide bonds. The highest BCUT2D eigenvalue weighted by Gasteiger charge is 2.30. The van der Waals surface area contributed by atoms with Crippen molar-refractivity contribution >= 4 is 50.0 Å². The molecule has 3 aromatic rings. The van der Waals surface area contributed by atoms with Gasteiger partial charge in [-0.15, -0.1) is 0 Å². The quantitative estimate of drug-likeness (QED) is 0.627. The Bertz CT molecular complexity index is 1140. The van der Waals surface area contributed by atoms with Crippen molar-refractivity contribution in [3.8, 4) is 0 Å². The van der Waals surface area contributed by atoms with E-state index in [-0.39, 0.29) is 21.3 Å². The van der Waals surface area contributed by atoms with E-state index in [1.807, 2.05) is 0 Å². The number of halogens is 1. The number of aromatic nitrogens is 1. The lowest BCUT2D eigenvalue weighted by atomic mass is 10.1. The summed E-state index contributed by atoms with van der Waals surface area (Å²) in [5, 5.41) is 0.885. The molecule has 0 spiro atoms. The minimum Gasteiger partial charge on any atom is -0.337 e. The average Bonchev–Trinajstić information content (AvgIpc) is 2.73. The molecular formula is C20H17ClN2O3S2. The summed E-state index contributed by atoms with van der Waals surface area (Å²) >= 11 is 7.70. The highest BCUT2D eigenvalue weighted by atomic mass is 35.5. The summed E-state index contributed by atoms with van der Waals surface area (Å²) in [5.41, 5.74) is 0.640. The van der Waals surface area contributed by atoms with Crippen LogP contribution in [0.1, 0.15) is 10.4 Å². The molecule has 1 fully saturated rings. The Kier molecular flexibility index (Phi) is 5.31. The van der Waals surface area contributed by atoms with Crippen LogP contribution in [0.5, 0.6) is 0 Å². The molecule has 1 aromatic heterocycles. The number of amides is 1. The molecule has 1 aliphatic rings. The van der Waals surface area contributed by atoms with Crippen LogP contribution in [-0.2, 0) is 9.84 Å². The lowest BCUT2D eigenvalue weighted by molar-refractivity contribution is 0.0768. The number of pyridine rings is 1. The minimum absolute atomic E-state index is 0.00338. The van der Waals surface area contributed by atoms with E-state index in [0.29, 0.717) is 29.0 Å². The molecule has 8 heteroatoms. The van der Waals surface area contributed by atoms with Crippen molar-refractivity contribution < 1.29 is 13.2 Å². The number of benzene rings is 2. The Morgan fingerprint density at radius 1 is 1.04 bits per heavy atom. The van der Waals surface area contributed by atoms with Gasteiger partial charge in [0.05, 0.1) is 20.9 Å². The van der Waals surface area contributed by atoms with Crippen molar-refractivity contribution in [1.82, 2.24) is 9.88 Å². The lowest BCUT2D eigenvalue weighted by Crippen LogP contribution is -2.38. The topological polar surface area (TPSA) is 67.3 Å². The Balaban J connectivity index is 1.94. The van der Waals surface area contributed by atoms with E-state index in [0.717, 1.165) is 11.5 Å². The maximum atomic E-state index is 13.5. The van der Waals surface area contributed by atoms with Crippen LogP contribution in [0.2, 0.25) is 5.02 Å². The van der Waals surface area contributed by atoms with Gasteiger partial charge in [-0.3, -0.25) is 9.78 Å². The van der Waals surface area contributed by atoms with E-state index in [4.69, 9.17) is 11.6 Å². The first-order valence-electron chi connectivity index (χ1n) is 8.74. The first-order valence-corrected chi connectivity index (χ1v) is 11.8. The third-order valence-corrected chi connectivity index (χ3v) is 7.71. The van der Waals surface area contributed by atoms with E-state index in [2.05, 4.69) is 4.98 Å². The van der Waals surface area contributed by atoms with Gasteiger partial charge in [0.2, 0.25) is 9.84 Å². The van der Waals surface area contributed by atoms with Crippen LogP contribution >= 0.6 is 23.4 Å². The molecule has 144 valence electrons. The van der Waals surface area contributed by atoms with E-state index >= 15 is 0 Å². The summed E-state index contributed by atoms with van der Waals surface area (Å²) in [6.45, 7) is 1.19. The zero-order chi connectivity index (χ0) is 19.7. The molecule has 0 aliphatic carbocycles. The summed E-state index contributed by atoms with van der Waals surface area (Å²) < 4.78 is 27.0. The number of carbonyl (C=O) groups is 1. The van der Waals surface area contributed by atoms with E-state index in [1.54, 1.807) is 40.9 Å². The average molecular weight is 433 g/mol. The number of thioether (sulfide) groups is 1. The number of fused-ring (bicyclic) bond motifs is 1. The lowest BCUT2D eigenvalue weighted by Gasteiger charge is -2.27. The molecule has 1 saturated heterocycles. The fraction of sp³-hybridized carbons (Fsp3) is 0.200. The van der Waals surface area contributed by atoms with Gasteiger partial charge in [-0.05, 0) is 30.3 Å². The minimum atomic E-state index is -3.95. The molecule has 0 atom stereocenters. The van der Waals surface area contributed by atoms with Crippen molar-refractivity contribution in [2.24, 2.45) is 0 Å². The Labute approximate surface area is 172 Å². The van der Waals surface area contributed by atoms with Crippen molar-refractivity contribution in [3.63, 3.8) is 0 Å². The molecule has 28 heavy (non-hydrogen) atoms. The zero-order valence-electron chi connectivity index (χ0n) is 14.8. The highest BCUT2D eigenvalue weighted by Crippen LogP contribution is 2.32. The smallest absolute Gasteiger partial charge is 0.256 e. The highest BCUT2D eigenvalue weighted by molar-refractivity contribution is 7.99. The predicted molar refractivity (Wildman–Crippen MR) is 112 cm³/mol. The Morgan fingerprint density at radius 2 is 1.71 bits per heavy atom. The molecular weight excluding hydrogens is 416 g/mol. The zero-order valence-corrected chi connectivity index (χ0v) is 17.2. The third kappa shape index (κ3) is 3.50. The molecule has 0 N–H and O–H groups in total. The fourth-order valence-electron chi connectivity index (χ4n) is 3.23. The van der Waals surface area contributed by atoms with Gasteiger partial charge < -0.3 is 4.90 Å². The van der Waals surface area contributed by atoms with Crippen LogP contribution in [0.15, 0.2) is 64.5 Å². The molecule has 0 bridgehead atoms. The van der Waals surface area contributed by atoms with Crippen LogP contribution in [0.3, 0.4) is 0 Å². The second-order valence-electron chi connectivity index (χ2n) is 6.38. The summed E-state index contributed by atoms with van der Waals surface area (Å²) in [7, 11) is -3.95. The second-order valence-corrected chi connectivity index (χ2v) is 9.93. The van der Waals surface area contributed by atoms with Crippen LogP contribution in [-0.4, -0.2) is 48.8 Å². The van der Waals surface area contributed by atoms with Crippen LogP contribution < -0.4 is 0 Å². The molecule has 0 saturated carbocycles. The van der Waals surface area contributed by atoms with Gasteiger partial charge in [-0.25, -0.2) is 8.42 Å². The number of rotatable bonds is 3. The molecule has 1 aliphatic heterocycles. The van der Waals surface area contributed by atoms with Crippen molar-refractivity contribution in [2.75, 3.05) is 24.6 Å². The summed E-state index contributed by atoms with van der Waals surface area (Å²) in [4.78, 5) is 19.3. The summed E-state index contributed by atoms with van der Waals surface area (Å²) in [5.74, 6) is 1.38. The Hall–Kier alpha value is -2.09. The van der Waals surface area contributed by atoms with Gasteiger partial charge in [0.25, 0.3) is 5.91 Å². The maximum Gasteiger partial charge on any atom is 0.256 e. The largest absolute Gasteiger partial charge is 0.337 e. The SMILES string of the molecule is O=C(c1cnc2ccccc2c1S(=O)(=O)c1ccc(Cl)cc1)N1CCSCC1. The summed E-state index contributed by atoms with van der Waals surface area (Å²) in [6.07, 6.45) is 1.38. The van der Waals surface area contributed by atoms with Crippen LogP contribution in [0.4, 0.5) is 0 Å². The van der Waals surface area contributed by atoms with Gasteiger partial charge in [-0.2, -0.15) is 11.8 Å². The number of hydrogen-bond acceptors (Lipinski definition) is 5. The van der Waals surface area contributed by atoms with Crippen molar-refractivity contribution in [3.05, 3.63) is 65.3 Å². The number of para-hydroxylation sites is 1. The van der Waals surface area contributed by atoms with E-state index in [9.17, 15) is 13.2 Å². The predicted octanol–water partition coefficient (Wildman–Crippen LogP) is 3.91. The number of sulfone groups is 1. The van der Waals surface area contributed by atoms with Crippen LogP contribution in [0.25, 0.3) is 10.9 Å². The maximum absolute atomic E-state index is 13.5. The standard InChI is InChI=1S/C20H17ClN2O3S2/c21-14-5-7-15(8-6-14)28(25,26)19-16-3-1-2-4-18(16)22-13-17(19)20(24)23-9-11-27-12-10-23/h1-8,13H,9-12H2. The van der Waals surface area contributed by atoms with Gasteiger partial charge in [-0.1, -0.05) is 29.8 Å². The first-order chi connectivity index (χ1) is 13.5. The number of nitrogens with zero attached hydrogens (tertiary/aromatic N) is 2. The van der Waals surface area contributed by atoms with E-state index < -0.39 is 9.84 Å².